The predicted octanol–water partition coefficient (Wildman–Crippen LogP) is 3.30. The maximum atomic E-state index is 12.5. The fourth-order valence-electron chi connectivity index (χ4n) is 2.52. The SMILES string of the molecule is CC(C)(C)CN(CCCO)C(=O)Nc1ccc(NC(=O)C2CC2)cc1. The highest BCUT2D eigenvalue weighted by Gasteiger charge is 2.29. The molecule has 0 spiro atoms. The van der Waals surface area contributed by atoms with E-state index in [0.29, 0.717) is 25.2 Å². The van der Waals surface area contributed by atoms with Crippen LogP contribution in [0.5, 0.6) is 0 Å². The number of nitrogens with zero attached hydrogens (tertiary/aromatic N) is 1. The molecule has 25 heavy (non-hydrogen) atoms. The number of amides is 3. The highest BCUT2D eigenvalue weighted by molar-refractivity contribution is 5.94. The maximum absolute atomic E-state index is 12.5. The monoisotopic (exact) mass is 347 g/mol. The summed E-state index contributed by atoms with van der Waals surface area (Å²) in [4.78, 5) is 26.0. The summed E-state index contributed by atoms with van der Waals surface area (Å²) < 4.78 is 0. The van der Waals surface area contributed by atoms with Crippen molar-refractivity contribution >= 4 is 23.3 Å². The Morgan fingerprint density at radius 3 is 2.16 bits per heavy atom. The first-order chi connectivity index (χ1) is 11.8. The summed E-state index contributed by atoms with van der Waals surface area (Å²) in [5, 5.41) is 14.8. The van der Waals surface area contributed by atoms with Crippen molar-refractivity contribution in [2.75, 3.05) is 30.3 Å². The highest BCUT2D eigenvalue weighted by atomic mass is 16.3. The van der Waals surface area contributed by atoms with Gasteiger partial charge in [-0.3, -0.25) is 4.79 Å². The summed E-state index contributed by atoms with van der Waals surface area (Å²) in [5.41, 5.74) is 1.39. The van der Waals surface area contributed by atoms with E-state index in [2.05, 4.69) is 31.4 Å². The summed E-state index contributed by atoms with van der Waals surface area (Å²) in [6.07, 6.45) is 2.49. The van der Waals surface area contributed by atoms with Crippen LogP contribution >= 0.6 is 0 Å². The number of nitrogens with one attached hydrogen (secondary N) is 2. The zero-order chi connectivity index (χ0) is 18.4. The number of anilines is 2. The molecule has 0 atom stereocenters. The molecular weight excluding hydrogens is 318 g/mol. The molecule has 1 aromatic rings. The van der Waals surface area contributed by atoms with E-state index < -0.39 is 0 Å². The molecule has 1 aliphatic rings. The molecule has 0 radical (unpaired) electrons. The van der Waals surface area contributed by atoms with Crippen molar-refractivity contribution in [2.24, 2.45) is 11.3 Å². The molecule has 0 aliphatic heterocycles. The molecule has 1 aliphatic carbocycles. The average molecular weight is 347 g/mol. The molecule has 6 heteroatoms. The molecule has 3 amide bonds. The van der Waals surface area contributed by atoms with Crippen LogP contribution in [-0.2, 0) is 4.79 Å². The van der Waals surface area contributed by atoms with Crippen molar-refractivity contribution in [3.63, 3.8) is 0 Å². The third-order valence-corrected chi connectivity index (χ3v) is 3.89. The summed E-state index contributed by atoms with van der Waals surface area (Å²) in [6, 6.07) is 6.96. The zero-order valence-electron chi connectivity index (χ0n) is 15.3. The van der Waals surface area contributed by atoms with Crippen LogP contribution in [0.1, 0.15) is 40.0 Å². The van der Waals surface area contributed by atoms with Gasteiger partial charge in [0.1, 0.15) is 0 Å². The number of hydrogen-bond acceptors (Lipinski definition) is 3. The van der Waals surface area contributed by atoms with Crippen molar-refractivity contribution in [1.29, 1.82) is 0 Å². The van der Waals surface area contributed by atoms with E-state index in [4.69, 9.17) is 5.11 Å². The van der Waals surface area contributed by atoms with Gasteiger partial charge in [-0.2, -0.15) is 0 Å². The largest absolute Gasteiger partial charge is 0.396 e. The lowest BCUT2D eigenvalue weighted by atomic mass is 9.96. The quantitative estimate of drug-likeness (QED) is 0.708. The zero-order valence-corrected chi connectivity index (χ0v) is 15.3. The van der Waals surface area contributed by atoms with E-state index in [1.807, 2.05) is 0 Å². The summed E-state index contributed by atoms with van der Waals surface area (Å²) in [5.74, 6) is 0.231. The Morgan fingerprint density at radius 2 is 1.68 bits per heavy atom. The van der Waals surface area contributed by atoms with Crippen LogP contribution in [0.3, 0.4) is 0 Å². The van der Waals surface area contributed by atoms with Gasteiger partial charge in [0.2, 0.25) is 5.91 Å². The van der Waals surface area contributed by atoms with Gasteiger partial charge in [-0.05, 0) is 48.9 Å². The van der Waals surface area contributed by atoms with Gasteiger partial charge in [0, 0.05) is 37.0 Å². The van der Waals surface area contributed by atoms with Crippen LogP contribution in [0, 0.1) is 11.3 Å². The molecule has 1 aromatic carbocycles. The number of carbonyl (C=O) groups excluding carboxylic acids is 2. The molecule has 0 bridgehead atoms. The van der Waals surface area contributed by atoms with E-state index in [-0.39, 0.29) is 29.9 Å². The van der Waals surface area contributed by atoms with Crippen molar-refractivity contribution in [3.8, 4) is 0 Å². The predicted molar refractivity (Wildman–Crippen MR) is 99.5 cm³/mol. The second kappa shape index (κ2) is 8.34. The fourth-order valence-corrected chi connectivity index (χ4v) is 2.52. The third kappa shape index (κ3) is 6.74. The van der Waals surface area contributed by atoms with Gasteiger partial charge in [-0.25, -0.2) is 4.79 Å². The van der Waals surface area contributed by atoms with Crippen LogP contribution < -0.4 is 10.6 Å². The van der Waals surface area contributed by atoms with Gasteiger partial charge in [0.25, 0.3) is 0 Å². The summed E-state index contributed by atoms with van der Waals surface area (Å²) in [6.45, 7) is 7.39. The minimum absolute atomic E-state index is 0.0241. The van der Waals surface area contributed by atoms with E-state index >= 15 is 0 Å². The number of hydrogen-bond donors (Lipinski definition) is 3. The molecule has 6 nitrogen and oxygen atoms in total. The Balaban J connectivity index is 1.93. The smallest absolute Gasteiger partial charge is 0.321 e. The van der Waals surface area contributed by atoms with Crippen LogP contribution in [0.4, 0.5) is 16.2 Å². The van der Waals surface area contributed by atoms with Crippen molar-refractivity contribution in [1.82, 2.24) is 4.90 Å². The van der Waals surface area contributed by atoms with Crippen molar-refractivity contribution < 1.29 is 14.7 Å². The van der Waals surface area contributed by atoms with E-state index in [1.165, 1.54) is 0 Å². The maximum Gasteiger partial charge on any atom is 0.321 e. The second-order valence-corrected chi connectivity index (χ2v) is 7.83. The molecule has 0 aromatic heterocycles. The highest BCUT2D eigenvalue weighted by Crippen LogP contribution is 2.30. The number of aliphatic hydroxyl groups is 1. The minimum Gasteiger partial charge on any atom is -0.396 e. The van der Waals surface area contributed by atoms with Crippen molar-refractivity contribution in [3.05, 3.63) is 24.3 Å². The number of urea groups is 1. The third-order valence-electron chi connectivity index (χ3n) is 3.89. The normalized spacial score (nSPS) is 14.1. The molecule has 3 N–H and O–H groups in total. The molecule has 1 fully saturated rings. The summed E-state index contributed by atoms with van der Waals surface area (Å²) >= 11 is 0. The first-order valence-corrected chi connectivity index (χ1v) is 8.86. The Bertz CT molecular complexity index is 589. The number of aliphatic hydroxyl groups excluding tert-OH is 1. The number of benzene rings is 1. The Hall–Kier alpha value is -2.08. The van der Waals surface area contributed by atoms with Crippen LogP contribution in [0.2, 0.25) is 0 Å². The van der Waals surface area contributed by atoms with E-state index in [0.717, 1.165) is 18.5 Å². The molecule has 0 heterocycles. The van der Waals surface area contributed by atoms with Gasteiger partial charge in [-0.15, -0.1) is 0 Å². The lowest BCUT2D eigenvalue weighted by Crippen LogP contribution is -2.41. The Labute approximate surface area is 149 Å². The standard InChI is InChI=1S/C19H29N3O3/c1-19(2,3)13-22(11-4-12-23)18(25)21-16-9-7-15(8-10-16)20-17(24)14-5-6-14/h7-10,14,23H,4-6,11-13H2,1-3H3,(H,20,24)(H,21,25). The average Bonchev–Trinajstić information content (AvgIpc) is 3.37. The number of carbonyl (C=O) groups is 2. The van der Waals surface area contributed by atoms with Gasteiger partial charge in [0.05, 0.1) is 0 Å². The van der Waals surface area contributed by atoms with E-state index in [1.54, 1.807) is 29.2 Å². The number of rotatable bonds is 7. The molecule has 1 saturated carbocycles. The molecular formula is C19H29N3O3. The second-order valence-electron chi connectivity index (χ2n) is 7.83. The van der Waals surface area contributed by atoms with Gasteiger partial charge < -0.3 is 20.6 Å². The van der Waals surface area contributed by atoms with Crippen LogP contribution in [0.15, 0.2) is 24.3 Å². The molecule has 2 rings (SSSR count). The van der Waals surface area contributed by atoms with Gasteiger partial charge >= 0.3 is 6.03 Å². The lowest BCUT2D eigenvalue weighted by molar-refractivity contribution is -0.117. The van der Waals surface area contributed by atoms with E-state index in [9.17, 15) is 9.59 Å². The van der Waals surface area contributed by atoms with Gasteiger partial charge in [0.15, 0.2) is 0 Å². The minimum atomic E-state index is -0.182. The van der Waals surface area contributed by atoms with Crippen LogP contribution in [0.25, 0.3) is 0 Å². The van der Waals surface area contributed by atoms with Crippen LogP contribution in [-0.4, -0.2) is 41.6 Å². The lowest BCUT2D eigenvalue weighted by Gasteiger charge is -2.30. The fraction of sp³-hybridized carbons (Fsp3) is 0.579. The first kappa shape index (κ1) is 19.2. The topological polar surface area (TPSA) is 81.7 Å². The molecule has 0 saturated heterocycles. The molecule has 0 unspecified atom stereocenters. The Kier molecular flexibility index (Phi) is 6.42. The summed E-state index contributed by atoms with van der Waals surface area (Å²) in [7, 11) is 0. The molecule has 138 valence electrons. The van der Waals surface area contributed by atoms with Crippen molar-refractivity contribution in [2.45, 2.75) is 40.0 Å². The Morgan fingerprint density at radius 1 is 1.12 bits per heavy atom. The van der Waals surface area contributed by atoms with Gasteiger partial charge in [-0.1, -0.05) is 20.8 Å². The first-order valence-electron chi connectivity index (χ1n) is 8.86.